The standard InChI is InChI=1S/C14H15N5/c1-9-4-3-5-11(10(9)2)12-8-13(17-7-6-15)19-14(16)18-12/h3-5,8H,7H2,1-2H3,(H3,16,17,18,19). The number of rotatable bonds is 3. The van der Waals surface area contributed by atoms with Crippen molar-refractivity contribution in [1.29, 1.82) is 5.26 Å². The Bertz CT molecular complexity index is 643. The zero-order valence-corrected chi connectivity index (χ0v) is 10.9. The zero-order valence-electron chi connectivity index (χ0n) is 10.9. The van der Waals surface area contributed by atoms with Gasteiger partial charge in [0.05, 0.1) is 11.8 Å². The van der Waals surface area contributed by atoms with Gasteiger partial charge in [0.2, 0.25) is 5.95 Å². The second-order valence-electron chi connectivity index (χ2n) is 4.26. The number of nitriles is 1. The number of aryl methyl sites for hydroxylation is 1. The van der Waals surface area contributed by atoms with E-state index in [4.69, 9.17) is 11.0 Å². The SMILES string of the molecule is Cc1cccc(-c2cc(NCC#N)nc(N)n2)c1C. The second-order valence-corrected chi connectivity index (χ2v) is 4.26. The van der Waals surface area contributed by atoms with Crippen molar-refractivity contribution in [3.63, 3.8) is 0 Å². The smallest absolute Gasteiger partial charge is 0.222 e. The molecule has 0 fully saturated rings. The van der Waals surface area contributed by atoms with Gasteiger partial charge in [-0.3, -0.25) is 0 Å². The van der Waals surface area contributed by atoms with Gasteiger partial charge < -0.3 is 11.1 Å². The van der Waals surface area contributed by atoms with E-state index in [0.29, 0.717) is 5.82 Å². The third-order valence-corrected chi connectivity index (χ3v) is 2.97. The number of nitrogens with one attached hydrogen (secondary N) is 1. The van der Waals surface area contributed by atoms with Crippen molar-refractivity contribution in [2.24, 2.45) is 0 Å². The van der Waals surface area contributed by atoms with Crippen molar-refractivity contribution < 1.29 is 0 Å². The average molecular weight is 253 g/mol. The maximum atomic E-state index is 8.58. The topological polar surface area (TPSA) is 87.6 Å². The van der Waals surface area contributed by atoms with E-state index in [1.165, 1.54) is 5.56 Å². The van der Waals surface area contributed by atoms with Crippen molar-refractivity contribution in [2.45, 2.75) is 13.8 Å². The highest BCUT2D eigenvalue weighted by Gasteiger charge is 2.08. The molecule has 19 heavy (non-hydrogen) atoms. The first-order chi connectivity index (χ1) is 9.11. The molecule has 5 heteroatoms. The number of benzene rings is 1. The molecule has 1 heterocycles. The molecular weight excluding hydrogens is 238 g/mol. The quantitative estimate of drug-likeness (QED) is 0.819. The third-order valence-electron chi connectivity index (χ3n) is 2.97. The first-order valence-corrected chi connectivity index (χ1v) is 5.94. The van der Waals surface area contributed by atoms with E-state index >= 15 is 0 Å². The summed E-state index contributed by atoms with van der Waals surface area (Å²) in [5, 5.41) is 11.5. The summed E-state index contributed by atoms with van der Waals surface area (Å²) < 4.78 is 0. The molecule has 0 atom stereocenters. The van der Waals surface area contributed by atoms with E-state index < -0.39 is 0 Å². The fraction of sp³-hybridized carbons (Fsp3) is 0.214. The summed E-state index contributed by atoms with van der Waals surface area (Å²) in [6.45, 7) is 4.28. The fourth-order valence-corrected chi connectivity index (χ4v) is 1.85. The van der Waals surface area contributed by atoms with E-state index in [0.717, 1.165) is 16.8 Å². The van der Waals surface area contributed by atoms with Gasteiger partial charge in [0, 0.05) is 11.6 Å². The van der Waals surface area contributed by atoms with Crippen LogP contribution in [-0.2, 0) is 0 Å². The molecule has 0 aliphatic rings. The lowest BCUT2D eigenvalue weighted by Gasteiger charge is -2.10. The van der Waals surface area contributed by atoms with E-state index in [1.807, 2.05) is 25.1 Å². The normalized spacial score (nSPS) is 9.95. The lowest BCUT2D eigenvalue weighted by Crippen LogP contribution is -2.05. The minimum Gasteiger partial charge on any atom is -0.368 e. The first kappa shape index (κ1) is 12.8. The second kappa shape index (κ2) is 5.36. The number of nitrogens with two attached hydrogens (primary N) is 1. The Morgan fingerprint density at radius 3 is 2.84 bits per heavy atom. The Balaban J connectivity index is 2.47. The fourth-order valence-electron chi connectivity index (χ4n) is 1.85. The number of nitrogen functional groups attached to an aromatic ring is 1. The molecule has 0 saturated heterocycles. The molecule has 0 aliphatic heterocycles. The largest absolute Gasteiger partial charge is 0.368 e. The summed E-state index contributed by atoms with van der Waals surface area (Å²) >= 11 is 0. The van der Waals surface area contributed by atoms with Crippen LogP contribution in [0.3, 0.4) is 0 Å². The summed E-state index contributed by atoms with van der Waals surface area (Å²) in [4.78, 5) is 8.31. The highest BCUT2D eigenvalue weighted by molar-refractivity contribution is 5.68. The lowest BCUT2D eigenvalue weighted by atomic mass is 10.0. The molecule has 2 aromatic rings. The van der Waals surface area contributed by atoms with Crippen molar-refractivity contribution in [3.05, 3.63) is 35.4 Å². The predicted octanol–water partition coefficient (Wildman–Crippen LogP) is 2.28. The van der Waals surface area contributed by atoms with Gasteiger partial charge >= 0.3 is 0 Å². The zero-order chi connectivity index (χ0) is 13.8. The summed E-state index contributed by atoms with van der Waals surface area (Å²) in [6.07, 6.45) is 0. The summed E-state index contributed by atoms with van der Waals surface area (Å²) in [7, 11) is 0. The number of hydrogen-bond acceptors (Lipinski definition) is 5. The number of nitrogens with zero attached hydrogens (tertiary/aromatic N) is 3. The van der Waals surface area contributed by atoms with Crippen LogP contribution in [-0.4, -0.2) is 16.5 Å². The molecule has 2 rings (SSSR count). The number of aromatic nitrogens is 2. The molecule has 5 nitrogen and oxygen atoms in total. The molecule has 0 amide bonds. The molecule has 3 N–H and O–H groups in total. The van der Waals surface area contributed by atoms with Crippen LogP contribution in [0.25, 0.3) is 11.3 Å². The Kier molecular flexibility index (Phi) is 3.62. The third kappa shape index (κ3) is 2.80. The van der Waals surface area contributed by atoms with Gasteiger partial charge in [-0.05, 0) is 25.0 Å². The van der Waals surface area contributed by atoms with Gasteiger partial charge in [-0.25, -0.2) is 4.98 Å². The van der Waals surface area contributed by atoms with Crippen LogP contribution >= 0.6 is 0 Å². The molecular formula is C14H15N5. The van der Waals surface area contributed by atoms with Crippen molar-refractivity contribution in [2.75, 3.05) is 17.6 Å². The van der Waals surface area contributed by atoms with Gasteiger partial charge in [0.25, 0.3) is 0 Å². The molecule has 0 aliphatic carbocycles. The molecule has 96 valence electrons. The van der Waals surface area contributed by atoms with Gasteiger partial charge in [-0.2, -0.15) is 10.2 Å². The highest BCUT2D eigenvalue weighted by atomic mass is 15.1. The number of anilines is 2. The van der Waals surface area contributed by atoms with Crippen molar-refractivity contribution >= 4 is 11.8 Å². The molecule has 1 aromatic carbocycles. The van der Waals surface area contributed by atoms with Crippen LogP contribution in [0, 0.1) is 25.2 Å². The number of hydrogen-bond donors (Lipinski definition) is 2. The Hall–Kier alpha value is -2.61. The Morgan fingerprint density at radius 1 is 1.32 bits per heavy atom. The van der Waals surface area contributed by atoms with Crippen LogP contribution in [0.4, 0.5) is 11.8 Å². The van der Waals surface area contributed by atoms with Gasteiger partial charge in [-0.15, -0.1) is 0 Å². The average Bonchev–Trinajstić information content (AvgIpc) is 2.39. The van der Waals surface area contributed by atoms with Gasteiger partial charge in [0.15, 0.2) is 0 Å². The highest BCUT2D eigenvalue weighted by Crippen LogP contribution is 2.25. The van der Waals surface area contributed by atoms with Crippen LogP contribution in [0.1, 0.15) is 11.1 Å². The van der Waals surface area contributed by atoms with Crippen LogP contribution in [0.5, 0.6) is 0 Å². The Morgan fingerprint density at radius 2 is 2.11 bits per heavy atom. The monoisotopic (exact) mass is 253 g/mol. The van der Waals surface area contributed by atoms with Crippen molar-refractivity contribution in [3.8, 4) is 17.3 Å². The minimum atomic E-state index is 0.183. The molecule has 0 bridgehead atoms. The summed E-state index contributed by atoms with van der Waals surface area (Å²) in [5.74, 6) is 0.754. The van der Waals surface area contributed by atoms with E-state index in [-0.39, 0.29) is 12.5 Å². The first-order valence-electron chi connectivity index (χ1n) is 5.94. The Labute approximate surface area is 112 Å². The summed E-state index contributed by atoms with van der Waals surface area (Å²) in [5.41, 5.74) is 9.85. The molecule has 0 radical (unpaired) electrons. The lowest BCUT2D eigenvalue weighted by molar-refractivity contribution is 1.15. The summed E-state index contributed by atoms with van der Waals surface area (Å²) in [6, 6.07) is 9.84. The minimum absolute atomic E-state index is 0.183. The maximum Gasteiger partial charge on any atom is 0.222 e. The van der Waals surface area contributed by atoms with Gasteiger partial charge in [0.1, 0.15) is 12.4 Å². The van der Waals surface area contributed by atoms with Crippen LogP contribution < -0.4 is 11.1 Å². The molecule has 0 saturated carbocycles. The van der Waals surface area contributed by atoms with Gasteiger partial charge in [-0.1, -0.05) is 18.2 Å². The molecule has 0 spiro atoms. The van der Waals surface area contributed by atoms with Crippen molar-refractivity contribution in [1.82, 2.24) is 9.97 Å². The van der Waals surface area contributed by atoms with E-state index in [9.17, 15) is 0 Å². The van der Waals surface area contributed by atoms with E-state index in [1.54, 1.807) is 6.07 Å². The predicted molar refractivity (Wildman–Crippen MR) is 75.5 cm³/mol. The van der Waals surface area contributed by atoms with Crippen LogP contribution in [0.15, 0.2) is 24.3 Å². The molecule has 1 aromatic heterocycles. The van der Waals surface area contributed by atoms with E-state index in [2.05, 4.69) is 28.3 Å². The molecule has 0 unspecified atom stereocenters. The maximum absolute atomic E-state index is 8.58. The van der Waals surface area contributed by atoms with Crippen LogP contribution in [0.2, 0.25) is 0 Å².